The van der Waals surface area contributed by atoms with Crippen molar-refractivity contribution in [3.63, 3.8) is 0 Å². The maximum Gasteiger partial charge on any atom is 0.240 e. The summed E-state index contributed by atoms with van der Waals surface area (Å²) in [5, 5.41) is 3.11. The molecule has 0 atom stereocenters. The molecule has 4 N–H and O–H groups in total. The third-order valence-corrected chi connectivity index (χ3v) is 5.74. The Bertz CT molecular complexity index is 890. The average Bonchev–Trinajstić information content (AvgIpc) is 3.08. The normalized spacial score (nSPS) is 14.4. The van der Waals surface area contributed by atoms with Gasteiger partial charge in [-0.05, 0) is 67.3 Å². The molecule has 3 rings (SSSR count). The molecule has 0 heterocycles. The molecular formula is C18H22N4O2S. The quantitative estimate of drug-likeness (QED) is 0.563. The van der Waals surface area contributed by atoms with Gasteiger partial charge in [0.2, 0.25) is 10.0 Å². The summed E-state index contributed by atoms with van der Waals surface area (Å²) in [7, 11) is -2.03. The fourth-order valence-corrected chi connectivity index (χ4v) is 3.64. The molecule has 0 amide bonds. The van der Waals surface area contributed by atoms with Crippen molar-refractivity contribution in [1.82, 2.24) is 4.72 Å². The molecular weight excluding hydrogens is 336 g/mol. The minimum Gasteiger partial charge on any atom is -0.370 e. The van der Waals surface area contributed by atoms with Gasteiger partial charge in [-0.25, -0.2) is 18.1 Å². The maximum absolute atomic E-state index is 11.7. The summed E-state index contributed by atoms with van der Waals surface area (Å²) in [6.45, 7) is 0.379. The molecule has 7 heteroatoms. The van der Waals surface area contributed by atoms with Gasteiger partial charge in [-0.15, -0.1) is 0 Å². The van der Waals surface area contributed by atoms with Crippen molar-refractivity contribution >= 4 is 21.7 Å². The number of aryl methyl sites for hydroxylation is 2. The molecule has 0 bridgehead atoms. The predicted molar refractivity (Wildman–Crippen MR) is 100 cm³/mol. The van der Waals surface area contributed by atoms with E-state index in [4.69, 9.17) is 5.73 Å². The summed E-state index contributed by atoms with van der Waals surface area (Å²) in [4.78, 5) is 4.54. The van der Waals surface area contributed by atoms with Crippen LogP contribution in [0.3, 0.4) is 0 Å². The molecule has 0 radical (unpaired) electrons. The number of fused-ring (bicyclic) bond motifs is 1. The van der Waals surface area contributed by atoms with E-state index < -0.39 is 10.0 Å². The minimum absolute atomic E-state index is 0.229. The third kappa shape index (κ3) is 4.18. The second-order valence-electron chi connectivity index (χ2n) is 6.02. The molecule has 0 fully saturated rings. The molecule has 0 spiro atoms. The SMILES string of the molecule is CNS(=O)(=O)c1ccc(CN=C(N)Nc2ccc3c(c2)CCC3)cc1. The van der Waals surface area contributed by atoms with E-state index in [0.717, 1.165) is 24.1 Å². The first kappa shape index (κ1) is 17.4. The van der Waals surface area contributed by atoms with Crippen molar-refractivity contribution in [2.24, 2.45) is 10.7 Å². The van der Waals surface area contributed by atoms with Crippen LogP contribution in [0.25, 0.3) is 0 Å². The number of hydrogen-bond donors (Lipinski definition) is 3. The first-order valence-electron chi connectivity index (χ1n) is 8.19. The highest BCUT2D eigenvalue weighted by atomic mass is 32.2. The number of hydrogen-bond acceptors (Lipinski definition) is 3. The van der Waals surface area contributed by atoms with Gasteiger partial charge >= 0.3 is 0 Å². The van der Waals surface area contributed by atoms with Gasteiger partial charge < -0.3 is 11.1 Å². The van der Waals surface area contributed by atoms with E-state index in [1.54, 1.807) is 24.3 Å². The largest absolute Gasteiger partial charge is 0.370 e. The zero-order valence-electron chi connectivity index (χ0n) is 14.1. The van der Waals surface area contributed by atoms with Gasteiger partial charge in [0.15, 0.2) is 5.96 Å². The first-order chi connectivity index (χ1) is 12.0. The summed E-state index contributed by atoms with van der Waals surface area (Å²) in [6, 6.07) is 12.9. The molecule has 2 aromatic carbocycles. The fourth-order valence-electron chi connectivity index (χ4n) is 2.91. The lowest BCUT2D eigenvalue weighted by Crippen LogP contribution is -2.22. The van der Waals surface area contributed by atoms with Crippen molar-refractivity contribution in [2.75, 3.05) is 12.4 Å². The van der Waals surface area contributed by atoms with E-state index in [2.05, 4.69) is 27.2 Å². The summed E-state index contributed by atoms with van der Waals surface area (Å²) < 4.78 is 25.7. The molecule has 25 heavy (non-hydrogen) atoms. The van der Waals surface area contributed by atoms with Crippen LogP contribution in [-0.2, 0) is 29.4 Å². The fraction of sp³-hybridized carbons (Fsp3) is 0.278. The van der Waals surface area contributed by atoms with Crippen molar-refractivity contribution in [2.45, 2.75) is 30.7 Å². The van der Waals surface area contributed by atoms with Gasteiger partial charge in [-0.1, -0.05) is 18.2 Å². The van der Waals surface area contributed by atoms with Crippen LogP contribution in [0.1, 0.15) is 23.1 Å². The standard InChI is InChI=1S/C18H22N4O2S/c1-20-25(23,24)17-9-5-13(6-10-17)12-21-18(19)22-16-8-7-14-3-2-4-15(14)11-16/h5-11,20H,2-4,12H2,1H3,(H3,19,21,22). The van der Waals surface area contributed by atoms with Gasteiger partial charge in [0.1, 0.15) is 0 Å². The van der Waals surface area contributed by atoms with E-state index >= 15 is 0 Å². The lowest BCUT2D eigenvalue weighted by Gasteiger charge is -2.08. The van der Waals surface area contributed by atoms with Crippen LogP contribution < -0.4 is 15.8 Å². The lowest BCUT2D eigenvalue weighted by atomic mass is 10.1. The highest BCUT2D eigenvalue weighted by Gasteiger charge is 2.11. The van der Waals surface area contributed by atoms with Crippen LogP contribution in [-0.4, -0.2) is 21.4 Å². The minimum atomic E-state index is -3.41. The van der Waals surface area contributed by atoms with Gasteiger partial charge in [-0.3, -0.25) is 0 Å². The Balaban J connectivity index is 1.63. The Hall–Kier alpha value is -2.38. The molecule has 1 aliphatic rings. The summed E-state index contributed by atoms with van der Waals surface area (Å²) in [5.41, 5.74) is 10.6. The van der Waals surface area contributed by atoms with Gasteiger partial charge in [-0.2, -0.15) is 0 Å². The van der Waals surface area contributed by atoms with Crippen molar-refractivity contribution in [1.29, 1.82) is 0 Å². The molecule has 0 aliphatic heterocycles. The molecule has 0 aromatic heterocycles. The van der Waals surface area contributed by atoms with Crippen LogP contribution in [0, 0.1) is 0 Å². The van der Waals surface area contributed by atoms with E-state index in [0.29, 0.717) is 12.5 Å². The Kier molecular flexibility index (Phi) is 5.06. The number of anilines is 1. The number of nitrogens with zero attached hydrogens (tertiary/aromatic N) is 1. The lowest BCUT2D eigenvalue weighted by molar-refractivity contribution is 0.588. The van der Waals surface area contributed by atoms with Crippen molar-refractivity contribution in [3.8, 4) is 0 Å². The molecule has 0 saturated carbocycles. The molecule has 6 nitrogen and oxygen atoms in total. The van der Waals surface area contributed by atoms with E-state index in [1.165, 1.54) is 24.6 Å². The van der Waals surface area contributed by atoms with Crippen molar-refractivity contribution in [3.05, 3.63) is 59.2 Å². The van der Waals surface area contributed by atoms with Gasteiger partial charge in [0.05, 0.1) is 11.4 Å². The number of rotatable bonds is 5. The van der Waals surface area contributed by atoms with Crippen LogP contribution in [0.5, 0.6) is 0 Å². The number of aliphatic imine (C=N–C) groups is 1. The number of benzene rings is 2. The topological polar surface area (TPSA) is 96.6 Å². The number of nitrogens with two attached hydrogens (primary N) is 1. The second-order valence-corrected chi connectivity index (χ2v) is 7.90. The first-order valence-corrected chi connectivity index (χ1v) is 9.67. The van der Waals surface area contributed by atoms with Crippen LogP contribution in [0.15, 0.2) is 52.4 Å². The molecule has 0 saturated heterocycles. The highest BCUT2D eigenvalue weighted by molar-refractivity contribution is 7.89. The van der Waals surface area contributed by atoms with Crippen LogP contribution in [0.4, 0.5) is 5.69 Å². The highest BCUT2D eigenvalue weighted by Crippen LogP contribution is 2.24. The monoisotopic (exact) mass is 358 g/mol. The van der Waals surface area contributed by atoms with E-state index in [-0.39, 0.29) is 4.90 Å². The third-order valence-electron chi connectivity index (χ3n) is 4.31. The number of guanidine groups is 1. The Morgan fingerprint density at radius 3 is 2.56 bits per heavy atom. The Morgan fingerprint density at radius 1 is 1.12 bits per heavy atom. The van der Waals surface area contributed by atoms with Gasteiger partial charge in [0, 0.05) is 5.69 Å². The van der Waals surface area contributed by atoms with E-state index in [9.17, 15) is 8.42 Å². The summed E-state index contributed by atoms with van der Waals surface area (Å²) >= 11 is 0. The zero-order valence-corrected chi connectivity index (χ0v) is 14.9. The Morgan fingerprint density at radius 2 is 1.84 bits per heavy atom. The molecule has 1 aliphatic carbocycles. The second kappa shape index (κ2) is 7.25. The van der Waals surface area contributed by atoms with Crippen LogP contribution >= 0.6 is 0 Å². The molecule has 0 unspecified atom stereocenters. The Labute approximate surface area is 148 Å². The van der Waals surface area contributed by atoms with E-state index in [1.807, 2.05) is 6.07 Å². The smallest absolute Gasteiger partial charge is 0.240 e. The van der Waals surface area contributed by atoms with Crippen LogP contribution in [0.2, 0.25) is 0 Å². The molecule has 2 aromatic rings. The van der Waals surface area contributed by atoms with Gasteiger partial charge in [0.25, 0.3) is 0 Å². The predicted octanol–water partition coefficient (Wildman–Crippen LogP) is 2.01. The average molecular weight is 358 g/mol. The summed E-state index contributed by atoms with van der Waals surface area (Å²) in [5.74, 6) is 0.338. The summed E-state index contributed by atoms with van der Waals surface area (Å²) in [6.07, 6.45) is 3.48. The number of nitrogens with one attached hydrogen (secondary N) is 2. The maximum atomic E-state index is 11.7. The molecule has 132 valence electrons. The van der Waals surface area contributed by atoms with Crippen molar-refractivity contribution < 1.29 is 8.42 Å². The number of sulfonamides is 1. The zero-order chi connectivity index (χ0) is 17.9.